The molecule has 1 amide bonds. The summed E-state index contributed by atoms with van der Waals surface area (Å²) in [4.78, 5) is 14.8. The molecule has 0 spiro atoms. The van der Waals surface area contributed by atoms with Crippen molar-refractivity contribution in [1.29, 1.82) is 0 Å². The van der Waals surface area contributed by atoms with Gasteiger partial charge in [0.15, 0.2) is 5.66 Å². The maximum Gasteiger partial charge on any atom is 0.223 e. The first kappa shape index (κ1) is 17.5. The Bertz CT molecular complexity index is 869. The second-order valence-corrected chi connectivity index (χ2v) is 7.27. The SMILES string of the molecule is C#CCCC1(CCC(=O)N(Cc2cnn(-c3ccccc3)c2)C2CC2)N=N1. The Labute approximate surface area is 159 Å². The number of benzene rings is 1. The van der Waals surface area contributed by atoms with E-state index in [2.05, 4.69) is 21.2 Å². The third kappa shape index (κ3) is 4.25. The van der Waals surface area contributed by atoms with Crippen molar-refractivity contribution in [1.82, 2.24) is 14.7 Å². The molecule has 1 aliphatic heterocycles. The van der Waals surface area contributed by atoms with E-state index in [-0.39, 0.29) is 5.91 Å². The molecular formula is C21H23N5O. The van der Waals surface area contributed by atoms with Gasteiger partial charge in [-0.25, -0.2) is 4.68 Å². The third-order valence-electron chi connectivity index (χ3n) is 5.11. The van der Waals surface area contributed by atoms with Gasteiger partial charge in [0.2, 0.25) is 5.91 Å². The lowest BCUT2D eigenvalue weighted by Gasteiger charge is -2.22. The second kappa shape index (κ2) is 7.36. The molecule has 27 heavy (non-hydrogen) atoms. The molecule has 6 nitrogen and oxygen atoms in total. The summed E-state index contributed by atoms with van der Waals surface area (Å²) in [6, 6.07) is 10.3. The monoisotopic (exact) mass is 361 g/mol. The highest BCUT2D eigenvalue weighted by Crippen LogP contribution is 2.38. The predicted octanol–water partition coefficient (Wildman–Crippen LogP) is 3.72. The highest BCUT2D eigenvalue weighted by Gasteiger charge is 2.41. The Balaban J connectivity index is 1.37. The van der Waals surface area contributed by atoms with Crippen LogP contribution in [0.1, 0.15) is 44.1 Å². The van der Waals surface area contributed by atoms with E-state index >= 15 is 0 Å². The fraction of sp³-hybridized carbons (Fsp3) is 0.429. The molecule has 0 atom stereocenters. The molecule has 0 saturated heterocycles. The molecule has 4 rings (SSSR count). The summed E-state index contributed by atoms with van der Waals surface area (Å²) >= 11 is 0. The largest absolute Gasteiger partial charge is 0.335 e. The zero-order chi connectivity index (χ0) is 18.7. The standard InChI is InChI=1S/C21H23N5O/c1-2-3-12-21(23-24-21)13-11-20(27)25(18-9-10-18)15-17-14-22-26(16-17)19-7-5-4-6-8-19/h1,4-8,14,16,18H,3,9-13,15H2. The summed E-state index contributed by atoms with van der Waals surface area (Å²) in [5.41, 5.74) is 1.66. The zero-order valence-electron chi connectivity index (χ0n) is 15.3. The van der Waals surface area contributed by atoms with Crippen LogP contribution in [0, 0.1) is 12.3 Å². The molecule has 1 aliphatic carbocycles. The summed E-state index contributed by atoms with van der Waals surface area (Å²) in [6.07, 6.45) is 13.8. The van der Waals surface area contributed by atoms with E-state index in [0.29, 0.717) is 31.8 Å². The molecule has 2 aromatic rings. The number of carbonyl (C=O) groups excluding carboxylic acids is 1. The Hall–Kier alpha value is -2.94. The number of para-hydroxylation sites is 1. The lowest BCUT2D eigenvalue weighted by Crippen LogP contribution is -2.33. The first-order chi connectivity index (χ1) is 13.2. The van der Waals surface area contributed by atoms with Crippen LogP contribution >= 0.6 is 0 Å². The molecule has 2 aliphatic rings. The second-order valence-electron chi connectivity index (χ2n) is 7.27. The molecule has 1 aromatic carbocycles. The zero-order valence-corrected chi connectivity index (χ0v) is 15.3. The van der Waals surface area contributed by atoms with Crippen LogP contribution in [0.2, 0.25) is 0 Å². The molecule has 1 saturated carbocycles. The van der Waals surface area contributed by atoms with Gasteiger partial charge in [0, 0.05) is 50.0 Å². The molecule has 1 aromatic heterocycles. The van der Waals surface area contributed by atoms with Crippen molar-refractivity contribution in [2.45, 2.75) is 56.8 Å². The summed E-state index contributed by atoms with van der Waals surface area (Å²) in [5, 5.41) is 12.7. The van der Waals surface area contributed by atoms with Crippen LogP contribution in [-0.4, -0.2) is 32.3 Å². The van der Waals surface area contributed by atoms with Crippen molar-refractivity contribution in [2.24, 2.45) is 10.2 Å². The summed E-state index contributed by atoms with van der Waals surface area (Å²) in [7, 11) is 0. The van der Waals surface area contributed by atoms with Gasteiger partial charge in [-0.15, -0.1) is 12.3 Å². The van der Waals surface area contributed by atoms with Crippen molar-refractivity contribution < 1.29 is 4.79 Å². The number of hydrogen-bond donors (Lipinski definition) is 0. The van der Waals surface area contributed by atoms with Gasteiger partial charge in [0.1, 0.15) is 0 Å². The minimum Gasteiger partial charge on any atom is -0.335 e. The number of carbonyl (C=O) groups is 1. The number of aromatic nitrogens is 2. The Morgan fingerprint density at radius 2 is 2.04 bits per heavy atom. The van der Waals surface area contributed by atoms with Gasteiger partial charge in [-0.05, 0) is 25.0 Å². The van der Waals surface area contributed by atoms with E-state index < -0.39 is 5.66 Å². The van der Waals surface area contributed by atoms with Crippen molar-refractivity contribution in [3.05, 3.63) is 48.3 Å². The van der Waals surface area contributed by atoms with Crippen LogP contribution in [0.3, 0.4) is 0 Å². The topological polar surface area (TPSA) is 62.9 Å². The van der Waals surface area contributed by atoms with Gasteiger partial charge in [-0.3, -0.25) is 4.79 Å². The van der Waals surface area contributed by atoms with Gasteiger partial charge < -0.3 is 4.90 Å². The molecule has 0 N–H and O–H groups in total. The van der Waals surface area contributed by atoms with Gasteiger partial charge in [-0.2, -0.15) is 15.3 Å². The minimum absolute atomic E-state index is 0.169. The van der Waals surface area contributed by atoms with Crippen LogP contribution in [0.25, 0.3) is 5.69 Å². The van der Waals surface area contributed by atoms with Crippen LogP contribution in [0.15, 0.2) is 53.0 Å². The van der Waals surface area contributed by atoms with Crippen molar-refractivity contribution >= 4 is 5.91 Å². The minimum atomic E-state index is -0.393. The molecular weight excluding hydrogens is 338 g/mol. The number of terminal acetylenes is 1. The average Bonchev–Trinajstić information content (AvgIpc) is 3.63. The molecule has 0 radical (unpaired) electrons. The molecule has 6 heteroatoms. The molecule has 0 bridgehead atoms. The van der Waals surface area contributed by atoms with Gasteiger partial charge >= 0.3 is 0 Å². The lowest BCUT2D eigenvalue weighted by atomic mass is 10.0. The van der Waals surface area contributed by atoms with Gasteiger partial charge in [0.05, 0.1) is 11.9 Å². The summed E-state index contributed by atoms with van der Waals surface area (Å²) < 4.78 is 1.85. The summed E-state index contributed by atoms with van der Waals surface area (Å²) in [6.45, 7) is 0.599. The van der Waals surface area contributed by atoms with E-state index in [0.717, 1.165) is 30.5 Å². The third-order valence-corrected chi connectivity index (χ3v) is 5.11. The van der Waals surface area contributed by atoms with Crippen LogP contribution in [0.5, 0.6) is 0 Å². The van der Waals surface area contributed by atoms with E-state index in [9.17, 15) is 4.79 Å². The smallest absolute Gasteiger partial charge is 0.223 e. The molecule has 138 valence electrons. The maximum absolute atomic E-state index is 12.8. The number of amides is 1. The Morgan fingerprint density at radius 3 is 2.70 bits per heavy atom. The van der Waals surface area contributed by atoms with Gasteiger partial charge in [-0.1, -0.05) is 18.2 Å². The fourth-order valence-corrected chi connectivity index (χ4v) is 3.29. The first-order valence-corrected chi connectivity index (χ1v) is 9.45. The van der Waals surface area contributed by atoms with Crippen molar-refractivity contribution in [3.63, 3.8) is 0 Å². The quantitative estimate of drug-likeness (QED) is 0.639. The van der Waals surface area contributed by atoms with E-state index in [1.165, 1.54) is 0 Å². The van der Waals surface area contributed by atoms with Gasteiger partial charge in [0.25, 0.3) is 0 Å². The van der Waals surface area contributed by atoms with Crippen molar-refractivity contribution in [2.75, 3.05) is 0 Å². The Morgan fingerprint density at radius 1 is 1.26 bits per heavy atom. The highest BCUT2D eigenvalue weighted by atomic mass is 16.2. The average molecular weight is 361 g/mol. The first-order valence-electron chi connectivity index (χ1n) is 9.45. The van der Waals surface area contributed by atoms with Crippen molar-refractivity contribution in [3.8, 4) is 18.0 Å². The Kier molecular flexibility index (Phi) is 4.76. The molecule has 1 fully saturated rings. The van der Waals surface area contributed by atoms with E-state index in [1.54, 1.807) is 0 Å². The number of nitrogens with zero attached hydrogens (tertiary/aromatic N) is 5. The fourth-order valence-electron chi connectivity index (χ4n) is 3.29. The van der Waals surface area contributed by atoms with E-state index in [4.69, 9.17) is 6.42 Å². The lowest BCUT2D eigenvalue weighted by molar-refractivity contribution is -0.132. The molecule has 2 heterocycles. The number of hydrogen-bond acceptors (Lipinski definition) is 4. The summed E-state index contributed by atoms with van der Waals surface area (Å²) in [5.74, 6) is 2.80. The highest BCUT2D eigenvalue weighted by molar-refractivity contribution is 5.77. The normalized spacial score (nSPS) is 16.7. The number of rotatable bonds is 9. The predicted molar refractivity (Wildman–Crippen MR) is 102 cm³/mol. The maximum atomic E-state index is 12.8. The van der Waals surface area contributed by atoms with Crippen LogP contribution in [0.4, 0.5) is 0 Å². The molecule has 0 unspecified atom stereocenters. The van der Waals surface area contributed by atoms with E-state index in [1.807, 2.05) is 52.3 Å². The van der Waals surface area contributed by atoms with Crippen LogP contribution in [-0.2, 0) is 11.3 Å². The van der Waals surface area contributed by atoms with Crippen LogP contribution < -0.4 is 0 Å².